The van der Waals surface area contributed by atoms with Gasteiger partial charge in [0, 0.05) is 22.9 Å². The second-order valence-corrected chi connectivity index (χ2v) is 8.26. The van der Waals surface area contributed by atoms with Gasteiger partial charge in [0.05, 0.1) is 16.4 Å². The number of halogens is 1. The lowest BCUT2D eigenvalue weighted by Crippen LogP contribution is -2.36. The lowest BCUT2D eigenvalue weighted by Gasteiger charge is -2.12. The number of amides is 1. The van der Waals surface area contributed by atoms with Crippen LogP contribution in [0.25, 0.3) is 10.4 Å². The maximum absolute atomic E-state index is 12.2. The van der Waals surface area contributed by atoms with E-state index in [4.69, 9.17) is 16.3 Å². The Morgan fingerprint density at radius 1 is 1.34 bits per heavy atom. The summed E-state index contributed by atoms with van der Waals surface area (Å²) in [4.78, 5) is 25.4. The van der Waals surface area contributed by atoms with Gasteiger partial charge in [0.15, 0.2) is 18.2 Å². The van der Waals surface area contributed by atoms with Crippen molar-refractivity contribution in [2.24, 2.45) is 0 Å². The summed E-state index contributed by atoms with van der Waals surface area (Å²) >= 11 is 7.85. The molecule has 0 bridgehead atoms. The third-order valence-electron chi connectivity index (χ3n) is 4.62. The normalized spacial score (nSPS) is 14.9. The molecule has 1 unspecified atom stereocenters. The number of carbonyl (C=O) groups excluding carboxylic acids is 2. The van der Waals surface area contributed by atoms with Crippen molar-refractivity contribution in [1.82, 2.24) is 5.32 Å². The van der Waals surface area contributed by atoms with Gasteiger partial charge in [-0.2, -0.15) is 4.73 Å². The molecule has 1 aromatic carbocycles. The van der Waals surface area contributed by atoms with Gasteiger partial charge in [-0.3, -0.25) is 9.59 Å². The minimum absolute atomic E-state index is 0.0357. The Bertz CT molecular complexity index is 1110. The molecule has 0 radical (unpaired) electrons. The lowest BCUT2D eigenvalue weighted by atomic mass is 10.1. The van der Waals surface area contributed by atoms with Gasteiger partial charge in [-0.15, -0.1) is 11.3 Å². The van der Waals surface area contributed by atoms with Crippen molar-refractivity contribution in [3.8, 4) is 16.2 Å². The highest BCUT2D eigenvalue weighted by Crippen LogP contribution is 2.41. The molecule has 0 saturated carbocycles. The molecule has 3 aromatic rings. The van der Waals surface area contributed by atoms with E-state index in [9.17, 15) is 14.8 Å². The van der Waals surface area contributed by atoms with Gasteiger partial charge in [-0.05, 0) is 42.8 Å². The van der Waals surface area contributed by atoms with Crippen LogP contribution < -0.4 is 14.8 Å². The fourth-order valence-corrected chi connectivity index (χ4v) is 4.40. The van der Waals surface area contributed by atoms with Gasteiger partial charge in [-0.25, -0.2) is 0 Å². The number of fused-ring (bicyclic) bond motifs is 1. The van der Waals surface area contributed by atoms with E-state index in [1.807, 2.05) is 24.3 Å². The molecule has 0 saturated heterocycles. The van der Waals surface area contributed by atoms with E-state index >= 15 is 0 Å². The summed E-state index contributed by atoms with van der Waals surface area (Å²) in [5.74, 6) is 0.320. The third kappa shape index (κ3) is 4.11. The molecular weight excluding hydrogens is 412 g/mol. The molecule has 1 amide bonds. The molecule has 8 heteroatoms. The minimum atomic E-state index is -0.336. The van der Waals surface area contributed by atoms with Crippen LogP contribution in [0.2, 0.25) is 5.02 Å². The van der Waals surface area contributed by atoms with E-state index < -0.39 is 0 Å². The number of hydrogen-bond acceptors (Lipinski definition) is 5. The number of pyridine rings is 1. The number of ether oxygens (including phenoxy) is 1. The van der Waals surface area contributed by atoms with Crippen LogP contribution in [-0.2, 0) is 6.42 Å². The topological polar surface area (TPSA) is 82.3 Å². The summed E-state index contributed by atoms with van der Waals surface area (Å²) in [6, 6.07) is 10.7. The molecule has 1 aliphatic heterocycles. The van der Waals surface area contributed by atoms with Gasteiger partial charge in [0.1, 0.15) is 17.4 Å². The Hall–Kier alpha value is -2.90. The summed E-state index contributed by atoms with van der Waals surface area (Å²) in [6.07, 6.45) is 2.89. The van der Waals surface area contributed by atoms with Crippen molar-refractivity contribution >= 4 is 34.6 Å². The first-order chi connectivity index (χ1) is 13.9. The fraction of sp³-hybridized carbons (Fsp3) is 0.190. The zero-order chi connectivity index (χ0) is 20.5. The van der Waals surface area contributed by atoms with E-state index in [0.717, 1.165) is 16.0 Å². The number of aromatic nitrogens is 1. The largest absolute Gasteiger partial charge is 0.619 e. The van der Waals surface area contributed by atoms with Crippen molar-refractivity contribution < 1.29 is 19.1 Å². The predicted octanol–water partition coefficient (Wildman–Crippen LogP) is 3.64. The molecule has 1 atom stereocenters. The smallest absolute Gasteiger partial charge is 0.257 e. The highest BCUT2D eigenvalue weighted by Gasteiger charge is 2.27. The van der Waals surface area contributed by atoms with E-state index in [0.29, 0.717) is 33.3 Å². The van der Waals surface area contributed by atoms with Crippen molar-refractivity contribution in [2.45, 2.75) is 19.4 Å². The summed E-state index contributed by atoms with van der Waals surface area (Å²) in [5, 5.41) is 14.6. The molecule has 0 aliphatic carbocycles. The first kappa shape index (κ1) is 19.4. The van der Waals surface area contributed by atoms with Crippen LogP contribution >= 0.6 is 22.9 Å². The first-order valence-electron chi connectivity index (χ1n) is 8.98. The van der Waals surface area contributed by atoms with Crippen molar-refractivity contribution in [2.75, 3.05) is 6.54 Å². The van der Waals surface area contributed by atoms with Crippen LogP contribution in [0.3, 0.4) is 0 Å². The second-order valence-electron chi connectivity index (χ2n) is 6.77. The number of carbonyl (C=O) groups is 2. The van der Waals surface area contributed by atoms with E-state index in [1.54, 1.807) is 13.0 Å². The number of nitrogens with one attached hydrogen (secondary N) is 1. The summed E-state index contributed by atoms with van der Waals surface area (Å²) < 4.78 is 6.50. The number of hydrogen-bond donors (Lipinski definition) is 1. The molecule has 148 valence electrons. The van der Waals surface area contributed by atoms with Crippen molar-refractivity contribution in [1.29, 1.82) is 0 Å². The van der Waals surface area contributed by atoms with Gasteiger partial charge in [0.2, 0.25) is 0 Å². The molecule has 2 aromatic heterocycles. The number of thiophene rings is 1. The van der Waals surface area contributed by atoms with E-state index in [1.165, 1.54) is 29.8 Å². The average molecular weight is 429 g/mol. The van der Waals surface area contributed by atoms with Crippen LogP contribution in [0, 0.1) is 5.21 Å². The molecular formula is C21H17ClN2O4S. The standard InChI is InChI=1S/C21H17ClN2O4S/c1-12(25)18-4-5-19(29-18)14-7-15-8-16(28-20(15)17(22)9-14)10-23-21(26)13-3-2-6-24(27)11-13/h2-7,9,11,16H,8,10H2,1H3,(H,23,26). The highest BCUT2D eigenvalue weighted by molar-refractivity contribution is 7.17. The van der Waals surface area contributed by atoms with Crippen molar-refractivity contribution in [3.05, 3.63) is 75.0 Å². The number of Topliss-reactive ketones (excluding diaryl/α,β-unsaturated/α-hetero) is 1. The minimum Gasteiger partial charge on any atom is -0.619 e. The maximum Gasteiger partial charge on any atom is 0.257 e. The molecule has 29 heavy (non-hydrogen) atoms. The molecule has 0 spiro atoms. The van der Waals surface area contributed by atoms with Crippen LogP contribution in [0.4, 0.5) is 0 Å². The monoisotopic (exact) mass is 428 g/mol. The fourth-order valence-electron chi connectivity index (χ4n) is 3.22. The van der Waals surface area contributed by atoms with E-state index in [2.05, 4.69) is 5.32 Å². The van der Waals surface area contributed by atoms with Gasteiger partial charge < -0.3 is 15.3 Å². The number of rotatable bonds is 5. The molecule has 1 aliphatic rings. The Kier molecular flexibility index (Phi) is 5.25. The Labute approximate surface area is 176 Å². The summed E-state index contributed by atoms with van der Waals surface area (Å²) in [5.41, 5.74) is 2.18. The first-order valence-corrected chi connectivity index (χ1v) is 10.2. The van der Waals surface area contributed by atoms with Crippen LogP contribution in [-0.4, -0.2) is 24.3 Å². The molecule has 1 N–H and O–H groups in total. The SMILES string of the molecule is CC(=O)c1ccc(-c2cc(Cl)c3c(c2)CC(CNC(=O)c2ccc[n+]([O-])c2)O3)s1. The zero-order valence-corrected chi connectivity index (χ0v) is 17.0. The van der Waals surface area contributed by atoms with Crippen LogP contribution in [0.15, 0.2) is 48.8 Å². The third-order valence-corrected chi connectivity index (χ3v) is 6.13. The van der Waals surface area contributed by atoms with Gasteiger partial charge in [0.25, 0.3) is 5.91 Å². The molecule has 4 rings (SSSR count). The Morgan fingerprint density at radius 2 is 2.17 bits per heavy atom. The number of nitrogens with zero attached hydrogens (tertiary/aromatic N) is 1. The number of benzene rings is 1. The summed E-state index contributed by atoms with van der Waals surface area (Å²) in [6.45, 7) is 1.84. The quantitative estimate of drug-likeness (QED) is 0.382. The molecule has 6 nitrogen and oxygen atoms in total. The number of ketones is 1. The van der Waals surface area contributed by atoms with Gasteiger partial charge in [-0.1, -0.05) is 11.6 Å². The average Bonchev–Trinajstić information content (AvgIpc) is 3.33. The molecule has 0 fully saturated rings. The second kappa shape index (κ2) is 7.85. The maximum atomic E-state index is 12.2. The lowest BCUT2D eigenvalue weighted by molar-refractivity contribution is -0.605. The Morgan fingerprint density at radius 3 is 2.90 bits per heavy atom. The molecule has 3 heterocycles. The Balaban J connectivity index is 1.45. The van der Waals surface area contributed by atoms with Crippen LogP contribution in [0.5, 0.6) is 5.75 Å². The van der Waals surface area contributed by atoms with E-state index in [-0.39, 0.29) is 23.4 Å². The highest BCUT2D eigenvalue weighted by atomic mass is 35.5. The zero-order valence-electron chi connectivity index (χ0n) is 15.5. The van der Waals surface area contributed by atoms with Crippen LogP contribution in [0.1, 0.15) is 32.5 Å². The van der Waals surface area contributed by atoms with Crippen molar-refractivity contribution in [3.63, 3.8) is 0 Å². The predicted molar refractivity (Wildman–Crippen MR) is 111 cm³/mol. The summed E-state index contributed by atoms with van der Waals surface area (Å²) in [7, 11) is 0. The van der Waals surface area contributed by atoms with Gasteiger partial charge >= 0.3 is 0 Å².